The minimum atomic E-state index is -0.616. The Bertz CT molecular complexity index is 1060. The van der Waals surface area contributed by atoms with Gasteiger partial charge < -0.3 is 15.1 Å². The molecule has 0 saturated carbocycles. The highest BCUT2D eigenvalue weighted by Gasteiger charge is 2.51. The number of nitrogens with zero attached hydrogens (tertiary/aromatic N) is 4. The maximum Gasteiger partial charge on any atom is 0.334 e. The number of hydrazine groups is 1. The van der Waals surface area contributed by atoms with Gasteiger partial charge in [-0.2, -0.15) is 0 Å². The first kappa shape index (κ1) is 23.8. The lowest BCUT2D eigenvalue weighted by Gasteiger charge is -2.55. The summed E-state index contributed by atoms with van der Waals surface area (Å²) in [4.78, 5) is 43.4. The number of hydrogen-bond acceptors (Lipinski definition) is 4. The number of aryl methyl sites for hydroxylation is 1. The Morgan fingerprint density at radius 2 is 1.76 bits per heavy atom. The maximum atomic E-state index is 13.5. The molecule has 0 radical (unpaired) electrons. The Balaban J connectivity index is 1.61. The molecule has 4 rings (SSSR count). The van der Waals surface area contributed by atoms with E-state index in [0.717, 1.165) is 16.7 Å². The van der Waals surface area contributed by atoms with Gasteiger partial charge in [0.15, 0.2) is 0 Å². The number of carbonyl (C=O) groups is 3. The average molecular weight is 464 g/mol. The van der Waals surface area contributed by atoms with Crippen molar-refractivity contribution in [2.45, 2.75) is 46.1 Å². The first-order valence-corrected chi connectivity index (χ1v) is 11.7. The maximum absolute atomic E-state index is 13.5. The quantitative estimate of drug-likeness (QED) is 0.740. The summed E-state index contributed by atoms with van der Waals surface area (Å²) in [5, 5.41) is 6.23. The van der Waals surface area contributed by atoms with E-state index in [1.165, 1.54) is 0 Å². The highest BCUT2D eigenvalue weighted by Crippen LogP contribution is 2.30. The first-order valence-electron chi connectivity index (χ1n) is 11.7. The molecule has 0 aliphatic carbocycles. The summed E-state index contributed by atoms with van der Waals surface area (Å²) in [6.07, 6.45) is -0.572. The Hall–Kier alpha value is -3.39. The summed E-state index contributed by atoms with van der Waals surface area (Å²) < 4.78 is 0. The molecule has 2 aromatic rings. The normalized spacial score (nSPS) is 21.1. The molecule has 0 spiro atoms. The Labute approximate surface area is 201 Å². The van der Waals surface area contributed by atoms with E-state index in [4.69, 9.17) is 0 Å². The topological polar surface area (TPSA) is 76.2 Å². The number of fused-ring (bicyclic) bond motifs is 1. The lowest BCUT2D eigenvalue weighted by molar-refractivity contribution is -0.190. The number of likely N-dealkylation sites (N-methyl/N-ethyl adjacent to an activating group) is 1. The van der Waals surface area contributed by atoms with Crippen molar-refractivity contribution in [3.8, 4) is 0 Å². The zero-order valence-electron chi connectivity index (χ0n) is 20.3. The molecule has 180 valence electrons. The summed E-state index contributed by atoms with van der Waals surface area (Å²) in [5.74, 6) is -0.297. The largest absolute Gasteiger partial charge is 0.334 e. The molecule has 0 bridgehead atoms. The van der Waals surface area contributed by atoms with E-state index >= 15 is 0 Å². The van der Waals surface area contributed by atoms with E-state index in [1.54, 1.807) is 26.9 Å². The SMILES string of the molecule is Cc1cccc(CN2C[C@H]3N(C(=O)CN(C)N3C(=O)NCc3ccccc3)[C@@H](C(C)C)C2=O)c1. The van der Waals surface area contributed by atoms with Crippen LogP contribution < -0.4 is 5.32 Å². The van der Waals surface area contributed by atoms with E-state index in [2.05, 4.69) is 11.4 Å². The Kier molecular flexibility index (Phi) is 6.88. The van der Waals surface area contributed by atoms with Crippen LogP contribution >= 0.6 is 0 Å². The molecule has 8 nitrogen and oxygen atoms in total. The standard InChI is InChI=1S/C26H33N5O3/c1-18(2)24-25(33)29(15-21-12-8-9-19(3)13-21)16-22-30(24)23(32)17-28(4)31(22)26(34)27-14-20-10-6-5-7-11-20/h5-13,18,22,24H,14-17H2,1-4H3,(H,27,34)/t22-,24-/m0/s1. The van der Waals surface area contributed by atoms with Gasteiger partial charge in [0.05, 0.1) is 13.1 Å². The average Bonchev–Trinajstić information content (AvgIpc) is 2.79. The van der Waals surface area contributed by atoms with Crippen LogP contribution in [0.5, 0.6) is 0 Å². The second-order valence-corrected chi connectivity index (χ2v) is 9.48. The molecule has 2 fully saturated rings. The lowest BCUT2D eigenvalue weighted by atomic mass is 9.95. The number of amides is 4. The molecule has 0 aromatic heterocycles. The van der Waals surface area contributed by atoms with Crippen LogP contribution in [0, 0.1) is 12.8 Å². The van der Waals surface area contributed by atoms with Crippen LogP contribution in [0.3, 0.4) is 0 Å². The minimum Gasteiger partial charge on any atom is -0.333 e. The van der Waals surface area contributed by atoms with Crippen molar-refractivity contribution in [1.82, 2.24) is 25.1 Å². The number of rotatable bonds is 5. The van der Waals surface area contributed by atoms with Crippen molar-refractivity contribution in [1.29, 1.82) is 0 Å². The van der Waals surface area contributed by atoms with Gasteiger partial charge in [0.25, 0.3) is 0 Å². The van der Waals surface area contributed by atoms with Gasteiger partial charge in [-0.05, 0) is 24.0 Å². The number of carbonyl (C=O) groups excluding carboxylic acids is 3. The second-order valence-electron chi connectivity index (χ2n) is 9.48. The van der Waals surface area contributed by atoms with E-state index in [1.807, 2.05) is 69.3 Å². The molecule has 4 amide bonds. The summed E-state index contributed by atoms with van der Waals surface area (Å²) in [7, 11) is 1.74. The Morgan fingerprint density at radius 1 is 1.06 bits per heavy atom. The highest BCUT2D eigenvalue weighted by atomic mass is 16.2. The smallest absolute Gasteiger partial charge is 0.333 e. The molecule has 2 aliphatic rings. The van der Waals surface area contributed by atoms with Crippen molar-refractivity contribution >= 4 is 17.8 Å². The van der Waals surface area contributed by atoms with Gasteiger partial charge in [-0.25, -0.2) is 14.8 Å². The molecule has 0 unspecified atom stereocenters. The highest BCUT2D eigenvalue weighted by molar-refractivity contribution is 5.91. The van der Waals surface area contributed by atoms with Crippen LogP contribution in [0.15, 0.2) is 54.6 Å². The number of urea groups is 1. The molecule has 2 aromatic carbocycles. The monoisotopic (exact) mass is 463 g/mol. The number of hydrogen-bond donors (Lipinski definition) is 1. The van der Waals surface area contributed by atoms with Crippen LogP contribution in [-0.2, 0) is 22.7 Å². The molecule has 8 heteroatoms. The molecular weight excluding hydrogens is 430 g/mol. The minimum absolute atomic E-state index is 0.0453. The third-order valence-electron chi connectivity index (χ3n) is 6.45. The molecule has 2 aliphatic heterocycles. The van der Waals surface area contributed by atoms with Gasteiger partial charge in [-0.15, -0.1) is 0 Å². The van der Waals surface area contributed by atoms with Gasteiger partial charge in [0, 0.05) is 20.1 Å². The number of benzene rings is 2. The first-order chi connectivity index (χ1) is 16.3. The fourth-order valence-corrected chi connectivity index (χ4v) is 4.89. The number of nitrogens with one attached hydrogen (secondary N) is 1. The van der Waals surface area contributed by atoms with Gasteiger partial charge >= 0.3 is 6.03 Å². The van der Waals surface area contributed by atoms with Crippen LogP contribution in [0.2, 0.25) is 0 Å². The van der Waals surface area contributed by atoms with Gasteiger partial charge in [0.2, 0.25) is 11.8 Å². The van der Waals surface area contributed by atoms with Gasteiger partial charge in [-0.1, -0.05) is 74.0 Å². The van der Waals surface area contributed by atoms with Crippen molar-refractivity contribution in [3.05, 3.63) is 71.3 Å². The molecule has 2 heterocycles. The van der Waals surface area contributed by atoms with Crippen LogP contribution in [0.25, 0.3) is 0 Å². The van der Waals surface area contributed by atoms with E-state index < -0.39 is 12.2 Å². The van der Waals surface area contributed by atoms with Crippen LogP contribution in [0.1, 0.15) is 30.5 Å². The van der Waals surface area contributed by atoms with Gasteiger partial charge in [-0.3, -0.25) is 9.59 Å². The molecule has 2 saturated heterocycles. The van der Waals surface area contributed by atoms with E-state index in [-0.39, 0.29) is 36.9 Å². The van der Waals surface area contributed by atoms with Crippen molar-refractivity contribution in [3.63, 3.8) is 0 Å². The summed E-state index contributed by atoms with van der Waals surface area (Å²) >= 11 is 0. The third kappa shape index (κ3) is 4.77. The van der Waals surface area contributed by atoms with Crippen LogP contribution in [-0.4, -0.2) is 70.0 Å². The predicted octanol–water partition coefficient (Wildman–Crippen LogP) is 2.59. The fraction of sp³-hybridized carbons (Fsp3) is 0.423. The summed E-state index contributed by atoms with van der Waals surface area (Å²) in [6.45, 7) is 7.03. The molecule has 2 atom stereocenters. The van der Waals surface area contributed by atoms with Crippen LogP contribution in [0.4, 0.5) is 4.79 Å². The fourth-order valence-electron chi connectivity index (χ4n) is 4.89. The summed E-state index contributed by atoms with van der Waals surface area (Å²) in [6, 6.07) is 16.8. The molecular formula is C26H33N5O3. The van der Waals surface area contributed by atoms with Gasteiger partial charge in [0.1, 0.15) is 12.2 Å². The Morgan fingerprint density at radius 3 is 2.44 bits per heavy atom. The van der Waals surface area contributed by atoms with E-state index in [9.17, 15) is 14.4 Å². The zero-order chi connectivity index (χ0) is 24.4. The van der Waals surface area contributed by atoms with Crippen molar-refractivity contribution in [2.75, 3.05) is 20.1 Å². The lowest BCUT2D eigenvalue weighted by Crippen LogP contribution is -2.76. The second kappa shape index (κ2) is 9.85. The molecule has 34 heavy (non-hydrogen) atoms. The predicted molar refractivity (Wildman–Crippen MR) is 129 cm³/mol. The molecule has 1 N–H and O–H groups in total. The van der Waals surface area contributed by atoms with E-state index in [0.29, 0.717) is 13.1 Å². The third-order valence-corrected chi connectivity index (χ3v) is 6.45. The number of piperazine rings is 1. The van der Waals surface area contributed by atoms with Crippen molar-refractivity contribution < 1.29 is 14.4 Å². The summed E-state index contributed by atoms with van der Waals surface area (Å²) in [5.41, 5.74) is 3.14. The zero-order valence-corrected chi connectivity index (χ0v) is 20.3. The van der Waals surface area contributed by atoms with Crippen molar-refractivity contribution in [2.24, 2.45) is 5.92 Å².